The van der Waals surface area contributed by atoms with Crippen LogP contribution in [0.4, 0.5) is 0 Å². The van der Waals surface area contributed by atoms with E-state index in [0.717, 1.165) is 19.3 Å². The minimum absolute atomic E-state index is 0.0968. The number of ether oxygens (including phenoxy) is 1. The van der Waals surface area contributed by atoms with Gasteiger partial charge in [-0.1, -0.05) is 38.8 Å². The van der Waals surface area contributed by atoms with Gasteiger partial charge in [-0.15, -0.1) is 0 Å². The van der Waals surface area contributed by atoms with Crippen molar-refractivity contribution in [3.05, 3.63) is 29.8 Å². The van der Waals surface area contributed by atoms with Gasteiger partial charge in [0.15, 0.2) is 6.61 Å². The molecule has 3 atom stereocenters. The molecule has 0 saturated heterocycles. The summed E-state index contributed by atoms with van der Waals surface area (Å²) < 4.78 is 31.3. The van der Waals surface area contributed by atoms with Gasteiger partial charge in [0.1, 0.15) is 12.4 Å². The molecular weight excluding hydrogens is 382 g/mol. The van der Waals surface area contributed by atoms with Crippen LogP contribution in [0.2, 0.25) is 0 Å². The van der Waals surface area contributed by atoms with Crippen molar-refractivity contribution in [2.24, 2.45) is 16.8 Å². The zero-order valence-corrected chi connectivity index (χ0v) is 16.8. The molecule has 1 aliphatic heterocycles. The number of rotatable bonds is 5. The summed E-state index contributed by atoms with van der Waals surface area (Å²) in [5.41, 5.74) is 0.411. The van der Waals surface area contributed by atoms with Crippen molar-refractivity contribution in [3.63, 3.8) is 0 Å². The second kappa shape index (κ2) is 8.30. The second-order valence-corrected chi connectivity index (χ2v) is 9.02. The van der Waals surface area contributed by atoms with Crippen molar-refractivity contribution in [2.45, 2.75) is 44.0 Å². The summed E-state index contributed by atoms with van der Waals surface area (Å²) in [7, 11) is -3.65. The first-order valence-electron chi connectivity index (χ1n) is 9.39. The molecule has 0 unspecified atom stereocenters. The first-order chi connectivity index (χ1) is 13.3. The van der Waals surface area contributed by atoms with Gasteiger partial charge in [-0.05, 0) is 30.4 Å². The summed E-state index contributed by atoms with van der Waals surface area (Å²) >= 11 is 0. The van der Waals surface area contributed by atoms with Crippen molar-refractivity contribution < 1.29 is 22.7 Å². The second-order valence-electron chi connectivity index (χ2n) is 7.37. The quantitative estimate of drug-likeness (QED) is 0.712. The van der Waals surface area contributed by atoms with E-state index >= 15 is 0 Å². The highest BCUT2D eigenvalue weighted by atomic mass is 32.2. The third kappa shape index (κ3) is 4.52. The van der Waals surface area contributed by atoms with Crippen LogP contribution in [0.25, 0.3) is 0 Å². The Hall–Kier alpha value is -2.42. The molecule has 2 aliphatic rings. The highest BCUT2D eigenvalue weighted by Gasteiger charge is 2.30. The van der Waals surface area contributed by atoms with E-state index in [1.807, 2.05) is 0 Å². The summed E-state index contributed by atoms with van der Waals surface area (Å²) in [5.74, 6) is 0.00271. The molecule has 0 radical (unpaired) electrons. The zero-order chi connectivity index (χ0) is 20.3. The van der Waals surface area contributed by atoms with E-state index in [2.05, 4.69) is 28.9 Å². The summed E-state index contributed by atoms with van der Waals surface area (Å²) in [6, 6.07) is 6.47. The standard InChI is InChI=1S/C19H25N3O5S/c1-12-6-5-8-15(13(12)2)21-17(23)11-27-18(24)10-20-19-14-7-3-4-9-16(14)28(25,26)22-19/h3-4,7,9,12-13,15H,5-6,8,10-11H2,1-2H3,(H,20,22)(H,21,23)/t12-,13-,15-/m1/s1. The molecule has 9 heteroatoms. The van der Waals surface area contributed by atoms with E-state index in [4.69, 9.17) is 4.74 Å². The summed E-state index contributed by atoms with van der Waals surface area (Å²) in [6.07, 6.45) is 3.17. The predicted octanol–water partition coefficient (Wildman–Crippen LogP) is 1.21. The largest absolute Gasteiger partial charge is 0.454 e. The van der Waals surface area contributed by atoms with Gasteiger partial charge in [0.2, 0.25) is 0 Å². The number of amidine groups is 1. The average Bonchev–Trinajstić information content (AvgIpc) is 2.93. The maximum atomic E-state index is 12.1. The molecule has 0 aromatic heterocycles. The van der Waals surface area contributed by atoms with E-state index < -0.39 is 16.0 Å². The molecule has 152 valence electrons. The first kappa shape index (κ1) is 20.3. The minimum atomic E-state index is -3.65. The van der Waals surface area contributed by atoms with Gasteiger partial charge in [0, 0.05) is 11.6 Å². The average molecular weight is 407 g/mol. The van der Waals surface area contributed by atoms with Crippen molar-refractivity contribution in [3.8, 4) is 0 Å². The Balaban J connectivity index is 1.50. The Morgan fingerprint density at radius 3 is 2.79 bits per heavy atom. The van der Waals surface area contributed by atoms with Crippen LogP contribution in [0.5, 0.6) is 0 Å². The number of carbonyl (C=O) groups excluding carboxylic acids is 2. The maximum absolute atomic E-state index is 12.1. The lowest BCUT2D eigenvalue weighted by Gasteiger charge is -2.34. The number of hydrogen-bond acceptors (Lipinski definition) is 6. The predicted molar refractivity (Wildman–Crippen MR) is 103 cm³/mol. The van der Waals surface area contributed by atoms with Crippen LogP contribution in [-0.2, 0) is 24.3 Å². The fourth-order valence-electron chi connectivity index (χ4n) is 3.62. The Bertz CT molecular complexity index is 897. The van der Waals surface area contributed by atoms with E-state index in [1.165, 1.54) is 6.07 Å². The highest BCUT2D eigenvalue weighted by Crippen LogP contribution is 2.29. The number of hydrogen-bond donors (Lipinski definition) is 2. The van der Waals surface area contributed by atoms with Crippen LogP contribution in [0, 0.1) is 11.8 Å². The van der Waals surface area contributed by atoms with Crippen molar-refractivity contribution in [1.29, 1.82) is 0 Å². The maximum Gasteiger partial charge on any atom is 0.328 e. The number of carbonyl (C=O) groups is 2. The smallest absolute Gasteiger partial charge is 0.328 e. The SMILES string of the molecule is C[C@@H]1[C@H](C)CCC[C@H]1NC(=O)COC(=O)CN=C1NS(=O)(=O)c2ccccc21. The highest BCUT2D eigenvalue weighted by molar-refractivity contribution is 7.90. The lowest BCUT2D eigenvalue weighted by molar-refractivity contribution is -0.147. The summed E-state index contributed by atoms with van der Waals surface area (Å²) in [4.78, 5) is 28.1. The number of nitrogens with zero attached hydrogens (tertiary/aromatic N) is 1. The number of benzene rings is 1. The fraction of sp³-hybridized carbons (Fsp3) is 0.526. The third-order valence-electron chi connectivity index (χ3n) is 5.45. The van der Waals surface area contributed by atoms with Crippen LogP contribution >= 0.6 is 0 Å². The number of esters is 1. The number of nitrogens with one attached hydrogen (secondary N) is 2. The molecule has 1 amide bonds. The van der Waals surface area contributed by atoms with Gasteiger partial charge in [-0.2, -0.15) is 0 Å². The molecule has 1 fully saturated rings. The fourth-order valence-corrected chi connectivity index (χ4v) is 4.87. The summed E-state index contributed by atoms with van der Waals surface area (Å²) in [5, 5.41) is 2.93. The topological polar surface area (TPSA) is 114 Å². The van der Waals surface area contributed by atoms with Crippen molar-refractivity contribution >= 4 is 27.7 Å². The molecule has 1 aromatic rings. The van der Waals surface area contributed by atoms with Gasteiger partial charge in [-0.25, -0.2) is 8.42 Å². The molecule has 8 nitrogen and oxygen atoms in total. The van der Waals surface area contributed by atoms with E-state index in [1.54, 1.807) is 18.2 Å². The molecule has 1 aliphatic carbocycles. The van der Waals surface area contributed by atoms with Crippen molar-refractivity contribution in [1.82, 2.24) is 10.0 Å². The Morgan fingerprint density at radius 2 is 2.00 bits per heavy atom. The van der Waals surface area contributed by atoms with Crippen LogP contribution < -0.4 is 10.0 Å². The van der Waals surface area contributed by atoms with Gasteiger partial charge in [0.05, 0.1) is 4.90 Å². The van der Waals surface area contributed by atoms with Crippen LogP contribution in [0.15, 0.2) is 34.2 Å². The zero-order valence-electron chi connectivity index (χ0n) is 16.0. The number of fused-ring (bicyclic) bond motifs is 1. The van der Waals surface area contributed by atoms with Gasteiger partial charge in [-0.3, -0.25) is 19.3 Å². The van der Waals surface area contributed by atoms with Gasteiger partial charge >= 0.3 is 5.97 Å². The van der Waals surface area contributed by atoms with E-state index in [0.29, 0.717) is 17.4 Å². The summed E-state index contributed by atoms with van der Waals surface area (Å²) in [6.45, 7) is 3.55. The number of sulfonamides is 1. The van der Waals surface area contributed by atoms with Gasteiger partial charge < -0.3 is 10.1 Å². The molecule has 1 heterocycles. The Labute approximate surface area is 164 Å². The van der Waals surface area contributed by atoms with Crippen LogP contribution in [0.1, 0.15) is 38.7 Å². The van der Waals surface area contributed by atoms with E-state index in [9.17, 15) is 18.0 Å². The molecular formula is C19H25N3O5S. The lowest BCUT2D eigenvalue weighted by Crippen LogP contribution is -2.45. The monoisotopic (exact) mass is 407 g/mol. The Morgan fingerprint density at radius 1 is 1.25 bits per heavy atom. The molecule has 3 rings (SSSR count). The molecule has 0 spiro atoms. The number of amides is 1. The Kier molecular flexibility index (Phi) is 6.02. The molecule has 1 saturated carbocycles. The molecule has 1 aromatic carbocycles. The molecule has 28 heavy (non-hydrogen) atoms. The molecule has 0 bridgehead atoms. The first-order valence-corrected chi connectivity index (χ1v) is 10.9. The third-order valence-corrected chi connectivity index (χ3v) is 6.84. The van der Waals surface area contributed by atoms with Crippen molar-refractivity contribution in [2.75, 3.05) is 13.2 Å². The lowest BCUT2D eigenvalue weighted by atomic mass is 9.78. The van der Waals surface area contributed by atoms with E-state index in [-0.39, 0.29) is 35.8 Å². The normalized spacial score (nSPS) is 26.9. The van der Waals surface area contributed by atoms with Crippen LogP contribution in [0.3, 0.4) is 0 Å². The van der Waals surface area contributed by atoms with Crippen LogP contribution in [-0.4, -0.2) is 45.3 Å². The minimum Gasteiger partial charge on any atom is -0.454 e. The van der Waals surface area contributed by atoms with Gasteiger partial charge in [0.25, 0.3) is 15.9 Å². The molecule has 2 N–H and O–H groups in total. The number of aliphatic imine (C=N–C) groups is 1.